The van der Waals surface area contributed by atoms with Crippen LogP contribution in [0.2, 0.25) is 0 Å². The second-order valence-electron chi connectivity index (χ2n) is 6.02. The van der Waals surface area contributed by atoms with Crippen molar-refractivity contribution >= 4 is 22.8 Å². The summed E-state index contributed by atoms with van der Waals surface area (Å²) in [5.41, 5.74) is 7.82. The Morgan fingerprint density at radius 1 is 1.21 bits per heavy atom. The maximum atomic E-state index is 13.0. The number of hydrogen-bond acceptors (Lipinski definition) is 6. The standard InChI is InChI=1S/C17H14N4O3/c18-15-11-6-7-12(9-4-5-9)19-16(11)21(20-15)17(22)10-2-1-3-13-14(10)24-8-23-13/h1-3,6-7,9H,4-5,8H2,(H2,18,20). The molecule has 3 aromatic rings. The highest BCUT2D eigenvalue weighted by molar-refractivity contribution is 6.04. The molecule has 120 valence electrons. The number of hydrogen-bond donors (Lipinski definition) is 1. The summed E-state index contributed by atoms with van der Waals surface area (Å²) in [5, 5.41) is 4.88. The molecule has 0 spiro atoms. The maximum absolute atomic E-state index is 13.0. The number of fused-ring (bicyclic) bond motifs is 2. The number of ether oxygens (including phenoxy) is 2. The van der Waals surface area contributed by atoms with Gasteiger partial charge in [-0.25, -0.2) is 4.98 Å². The second-order valence-corrected chi connectivity index (χ2v) is 6.02. The average Bonchev–Trinajstić information content (AvgIpc) is 3.25. The molecule has 0 radical (unpaired) electrons. The monoisotopic (exact) mass is 322 g/mol. The Bertz CT molecular complexity index is 991. The predicted molar refractivity (Wildman–Crippen MR) is 86.2 cm³/mol. The van der Waals surface area contributed by atoms with Crippen LogP contribution in [0, 0.1) is 0 Å². The summed E-state index contributed by atoms with van der Waals surface area (Å²) < 4.78 is 12.0. The first-order chi connectivity index (χ1) is 11.7. The lowest BCUT2D eigenvalue weighted by atomic mass is 10.1. The SMILES string of the molecule is Nc1nn(C(=O)c2cccc3c2OCO3)c2nc(C3CC3)ccc12. The predicted octanol–water partition coefficient (Wildman–Crippen LogP) is 2.31. The van der Waals surface area contributed by atoms with Gasteiger partial charge in [0.2, 0.25) is 6.79 Å². The first-order valence-electron chi connectivity index (χ1n) is 7.81. The summed E-state index contributed by atoms with van der Waals surface area (Å²) in [5.74, 6) is 1.42. The molecule has 0 saturated heterocycles. The highest BCUT2D eigenvalue weighted by atomic mass is 16.7. The van der Waals surface area contributed by atoms with Crippen LogP contribution in [0.3, 0.4) is 0 Å². The molecule has 7 nitrogen and oxygen atoms in total. The van der Waals surface area contributed by atoms with E-state index in [1.165, 1.54) is 4.68 Å². The molecule has 3 heterocycles. The molecule has 2 N–H and O–H groups in total. The van der Waals surface area contributed by atoms with E-state index >= 15 is 0 Å². The van der Waals surface area contributed by atoms with Gasteiger partial charge in [0.25, 0.3) is 5.91 Å². The zero-order chi connectivity index (χ0) is 16.3. The Morgan fingerprint density at radius 3 is 2.92 bits per heavy atom. The van der Waals surface area contributed by atoms with E-state index in [1.807, 2.05) is 12.1 Å². The number of anilines is 1. The lowest BCUT2D eigenvalue weighted by molar-refractivity contribution is 0.0945. The number of carbonyl (C=O) groups is 1. The van der Waals surface area contributed by atoms with Gasteiger partial charge >= 0.3 is 0 Å². The smallest absolute Gasteiger partial charge is 0.284 e. The van der Waals surface area contributed by atoms with Gasteiger partial charge < -0.3 is 15.2 Å². The van der Waals surface area contributed by atoms with E-state index in [4.69, 9.17) is 15.2 Å². The summed E-state index contributed by atoms with van der Waals surface area (Å²) >= 11 is 0. The van der Waals surface area contributed by atoms with Crippen LogP contribution in [0.25, 0.3) is 11.0 Å². The molecule has 0 amide bonds. The third-order valence-electron chi connectivity index (χ3n) is 4.40. The minimum absolute atomic E-state index is 0.103. The quantitative estimate of drug-likeness (QED) is 0.778. The van der Waals surface area contributed by atoms with E-state index in [2.05, 4.69) is 10.1 Å². The van der Waals surface area contributed by atoms with Crippen molar-refractivity contribution in [3.8, 4) is 11.5 Å². The first-order valence-corrected chi connectivity index (χ1v) is 7.81. The molecule has 1 aliphatic heterocycles. The minimum atomic E-state index is -0.334. The fraction of sp³-hybridized carbons (Fsp3) is 0.235. The molecular formula is C17H14N4O3. The number of pyridine rings is 1. The molecule has 5 rings (SSSR count). The van der Waals surface area contributed by atoms with E-state index in [0.717, 1.165) is 18.5 Å². The summed E-state index contributed by atoms with van der Waals surface area (Å²) in [7, 11) is 0. The number of nitrogen functional groups attached to an aromatic ring is 1. The van der Waals surface area contributed by atoms with Crippen molar-refractivity contribution in [2.24, 2.45) is 0 Å². The van der Waals surface area contributed by atoms with Crippen LogP contribution < -0.4 is 15.2 Å². The Kier molecular flexibility index (Phi) is 2.62. The van der Waals surface area contributed by atoms with Crippen LogP contribution in [0.4, 0.5) is 5.82 Å². The Hall–Kier alpha value is -3.09. The van der Waals surface area contributed by atoms with Gasteiger partial charge in [-0.15, -0.1) is 5.10 Å². The number of para-hydroxylation sites is 1. The van der Waals surface area contributed by atoms with E-state index in [0.29, 0.717) is 34.0 Å². The number of nitrogens with zero attached hydrogens (tertiary/aromatic N) is 3. The normalized spacial score (nSPS) is 15.8. The minimum Gasteiger partial charge on any atom is -0.454 e. The third-order valence-corrected chi connectivity index (χ3v) is 4.40. The van der Waals surface area contributed by atoms with Crippen LogP contribution in [0.1, 0.15) is 34.8 Å². The van der Waals surface area contributed by atoms with Crippen molar-refractivity contribution in [1.29, 1.82) is 0 Å². The Morgan fingerprint density at radius 2 is 2.08 bits per heavy atom. The van der Waals surface area contributed by atoms with Gasteiger partial charge in [0.1, 0.15) is 0 Å². The molecule has 1 aliphatic carbocycles. The number of carbonyl (C=O) groups excluding carboxylic acids is 1. The summed E-state index contributed by atoms with van der Waals surface area (Å²) in [6.45, 7) is 0.103. The highest BCUT2D eigenvalue weighted by Crippen LogP contribution is 2.40. The second kappa shape index (κ2) is 4.70. The van der Waals surface area contributed by atoms with E-state index in [9.17, 15) is 4.79 Å². The van der Waals surface area contributed by atoms with E-state index < -0.39 is 0 Å². The van der Waals surface area contributed by atoms with Gasteiger partial charge in [-0.05, 0) is 37.1 Å². The van der Waals surface area contributed by atoms with Gasteiger partial charge in [-0.2, -0.15) is 4.68 Å². The topological polar surface area (TPSA) is 92.3 Å². The number of benzene rings is 1. The molecule has 0 unspecified atom stereocenters. The number of nitrogens with two attached hydrogens (primary N) is 1. The fourth-order valence-electron chi connectivity index (χ4n) is 2.99. The molecule has 1 saturated carbocycles. The first kappa shape index (κ1) is 13.4. The van der Waals surface area contributed by atoms with Crippen LogP contribution in [-0.2, 0) is 0 Å². The molecule has 0 atom stereocenters. The average molecular weight is 322 g/mol. The molecule has 24 heavy (non-hydrogen) atoms. The van der Waals surface area contributed by atoms with Gasteiger partial charge in [0, 0.05) is 11.6 Å². The van der Waals surface area contributed by atoms with Crippen molar-refractivity contribution < 1.29 is 14.3 Å². The van der Waals surface area contributed by atoms with Gasteiger partial charge in [-0.3, -0.25) is 4.79 Å². The molecule has 0 bridgehead atoms. The van der Waals surface area contributed by atoms with Crippen molar-refractivity contribution in [2.75, 3.05) is 12.5 Å². The van der Waals surface area contributed by atoms with E-state index in [1.54, 1.807) is 18.2 Å². The van der Waals surface area contributed by atoms with Crippen LogP contribution in [0.15, 0.2) is 30.3 Å². The van der Waals surface area contributed by atoms with Crippen molar-refractivity contribution in [3.63, 3.8) is 0 Å². The molecule has 1 fully saturated rings. The molecular weight excluding hydrogens is 308 g/mol. The van der Waals surface area contributed by atoms with Gasteiger partial charge in [-0.1, -0.05) is 6.07 Å². The zero-order valence-corrected chi connectivity index (χ0v) is 12.7. The third kappa shape index (κ3) is 1.87. The summed E-state index contributed by atoms with van der Waals surface area (Å²) in [6, 6.07) is 9.04. The highest BCUT2D eigenvalue weighted by Gasteiger charge is 2.28. The summed E-state index contributed by atoms with van der Waals surface area (Å²) in [6.07, 6.45) is 2.26. The van der Waals surface area contributed by atoms with Crippen molar-refractivity contribution in [1.82, 2.24) is 14.8 Å². The van der Waals surface area contributed by atoms with Crippen molar-refractivity contribution in [3.05, 3.63) is 41.6 Å². The fourth-order valence-corrected chi connectivity index (χ4v) is 2.99. The Labute approximate surface area is 137 Å². The lowest BCUT2D eigenvalue weighted by Gasteiger charge is -2.06. The zero-order valence-electron chi connectivity index (χ0n) is 12.7. The molecule has 7 heteroatoms. The molecule has 2 aromatic heterocycles. The molecule has 2 aliphatic rings. The van der Waals surface area contributed by atoms with Crippen LogP contribution in [0.5, 0.6) is 11.5 Å². The molecule has 1 aromatic carbocycles. The Balaban J connectivity index is 1.67. The van der Waals surface area contributed by atoms with Crippen LogP contribution >= 0.6 is 0 Å². The van der Waals surface area contributed by atoms with Gasteiger partial charge in [0.15, 0.2) is 23.0 Å². The summed E-state index contributed by atoms with van der Waals surface area (Å²) in [4.78, 5) is 17.6. The lowest BCUT2D eigenvalue weighted by Crippen LogP contribution is -2.15. The largest absolute Gasteiger partial charge is 0.454 e. The maximum Gasteiger partial charge on any atom is 0.284 e. The van der Waals surface area contributed by atoms with Crippen molar-refractivity contribution in [2.45, 2.75) is 18.8 Å². The number of aromatic nitrogens is 3. The van der Waals surface area contributed by atoms with Crippen LogP contribution in [-0.4, -0.2) is 27.5 Å². The van der Waals surface area contributed by atoms with Gasteiger partial charge in [0.05, 0.1) is 10.9 Å². The number of rotatable bonds is 2. The van der Waals surface area contributed by atoms with E-state index in [-0.39, 0.29) is 18.5 Å².